The molecule has 0 spiro atoms. The summed E-state index contributed by atoms with van der Waals surface area (Å²) in [6.07, 6.45) is -0.0941. The number of carbonyl (C=O) groups excluding carboxylic acids is 2. The zero-order chi connectivity index (χ0) is 30.9. The molecule has 2 atom stereocenters. The van der Waals surface area contributed by atoms with Crippen molar-refractivity contribution in [1.29, 1.82) is 0 Å². The fourth-order valence-electron chi connectivity index (χ4n) is 4.51. The van der Waals surface area contributed by atoms with E-state index >= 15 is 0 Å². The molecule has 0 saturated carbocycles. The molecule has 0 saturated heterocycles. The standard InChI is InChI=1S/C31H42N2O9/c1-20-31(14-13-26(35)42-30(2,3)4,33-28(41-20)22-9-11-23(12-10-22)40-16-8-15-34)29(36)32-19-21-17-24(37-5)27(39-7)25(18-21)38-6/h9-12,17-18,20,34H,8,13-16,19H2,1-7H3,(H,32,36)/t20-,31-/m1/s1. The summed E-state index contributed by atoms with van der Waals surface area (Å²) in [6.45, 7) is 7.72. The summed E-state index contributed by atoms with van der Waals surface area (Å²) in [5.41, 5.74) is -0.671. The Morgan fingerprint density at radius 1 is 1.05 bits per heavy atom. The van der Waals surface area contributed by atoms with Crippen LogP contribution in [0.4, 0.5) is 0 Å². The van der Waals surface area contributed by atoms with Crippen LogP contribution in [0.2, 0.25) is 0 Å². The highest BCUT2D eigenvalue weighted by atomic mass is 16.6. The van der Waals surface area contributed by atoms with Crippen LogP contribution in [0.15, 0.2) is 41.4 Å². The number of benzene rings is 2. The fraction of sp³-hybridized carbons (Fsp3) is 0.516. The number of aliphatic hydroxyl groups excluding tert-OH is 1. The van der Waals surface area contributed by atoms with Crippen molar-refractivity contribution >= 4 is 17.8 Å². The van der Waals surface area contributed by atoms with E-state index in [1.807, 2.05) is 0 Å². The smallest absolute Gasteiger partial charge is 0.306 e. The molecule has 1 aliphatic rings. The maximum atomic E-state index is 13.9. The molecule has 1 heterocycles. The molecule has 11 heteroatoms. The Bertz CT molecular complexity index is 1230. The summed E-state index contributed by atoms with van der Waals surface area (Å²) in [4.78, 5) is 31.3. The minimum absolute atomic E-state index is 0.0308. The molecular weight excluding hydrogens is 544 g/mol. The van der Waals surface area contributed by atoms with Crippen molar-refractivity contribution in [3.05, 3.63) is 47.5 Å². The van der Waals surface area contributed by atoms with Gasteiger partial charge >= 0.3 is 5.97 Å². The van der Waals surface area contributed by atoms with Gasteiger partial charge in [0.1, 0.15) is 17.5 Å². The topological polar surface area (TPSA) is 134 Å². The minimum atomic E-state index is -1.39. The van der Waals surface area contributed by atoms with E-state index in [9.17, 15) is 9.59 Å². The third-order valence-corrected chi connectivity index (χ3v) is 6.64. The molecule has 0 aliphatic carbocycles. The van der Waals surface area contributed by atoms with Gasteiger partial charge in [-0.2, -0.15) is 0 Å². The summed E-state index contributed by atoms with van der Waals surface area (Å²) in [7, 11) is 4.56. The van der Waals surface area contributed by atoms with Crippen molar-refractivity contribution in [2.24, 2.45) is 4.99 Å². The van der Waals surface area contributed by atoms with Gasteiger partial charge in [0.25, 0.3) is 5.91 Å². The predicted octanol–water partition coefficient (Wildman–Crippen LogP) is 3.82. The van der Waals surface area contributed by atoms with Crippen LogP contribution < -0.4 is 24.3 Å². The molecular formula is C31H42N2O9. The fourth-order valence-corrected chi connectivity index (χ4v) is 4.51. The van der Waals surface area contributed by atoms with Crippen LogP contribution in [0.25, 0.3) is 0 Å². The Balaban J connectivity index is 1.88. The quantitative estimate of drug-likeness (QED) is 0.250. The van der Waals surface area contributed by atoms with E-state index < -0.39 is 29.1 Å². The average Bonchev–Trinajstić information content (AvgIpc) is 3.30. The number of nitrogens with one attached hydrogen (secondary N) is 1. The lowest BCUT2D eigenvalue weighted by molar-refractivity contribution is -0.155. The largest absolute Gasteiger partial charge is 0.494 e. The van der Waals surface area contributed by atoms with Gasteiger partial charge in [0.15, 0.2) is 17.0 Å². The first-order chi connectivity index (χ1) is 20.0. The van der Waals surface area contributed by atoms with Crippen molar-refractivity contribution in [2.75, 3.05) is 34.5 Å². The highest BCUT2D eigenvalue weighted by Gasteiger charge is 2.50. The number of aliphatic hydroxyl groups is 1. The van der Waals surface area contributed by atoms with Crippen LogP contribution in [0, 0.1) is 0 Å². The van der Waals surface area contributed by atoms with E-state index in [2.05, 4.69) is 5.32 Å². The van der Waals surface area contributed by atoms with E-state index in [-0.39, 0.29) is 31.9 Å². The van der Waals surface area contributed by atoms with Crippen LogP contribution in [-0.4, -0.2) is 74.7 Å². The second-order valence-corrected chi connectivity index (χ2v) is 10.9. The number of hydrogen-bond acceptors (Lipinski definition) is 10. The van der Waals surface area contributed by atoms with Crippen LogP contribution in [0.5, 0.6) is 23.0 Å². The second kappa shape index (κ2) is 14.3. The van der Waals surface area contributed by atoms with E-state index in [1.165, 1.54) is 21.3 Å². The van der Waals surface area contributed by atoms with Crippen molar-refractivity contribution in [2.45, 2.75) is 70.7 Å². The Labute approximate surface area is 247 Å². The maximum absolute atomic E-state index is 13.9. The first-order valence-corrected chi connectivity index (χ1v) is 13.9. The predicted molar refractivity (Wildman–Crippen MR) is 156 cm³/mol. The number of carbonyl (C=O) groups is 2. The van der Waals surface area contributed by atoms with Gasteiger partial charge in [-0.25, -0.2) is 4.99 Å². The van der Waals surface area contributed by atoms with Gasteiger partial charge in [-0.05, 0) is 76.1 Å². The molecule has 0 radical (unpaired) electrons. The van der Waals surface area contributed by atoms with E-state index in [1.54, 1.807) is 64.1 Å². The lowest BCUT2D eigenvalue weighted by atomic mass is 9.87. The van der Waals surface area contributed by atoms with Crippen LogP contribution in [0.3, 0.4) is 0 Å². The van der Waals surface area contributed by atoms with Gasteiger partial charge < -0.3 is 38.8 Å². The first-order valence-electron chi connectivity index (χ1n) is 13.9. The lowest BCUT2D eigenvalue weighted by Crippen LogP contribution is -2.51. The van der Waals surface area contributed by atoms with E-state index in [4.69, 9.17) is 38.5 Å². The molecule has 1 amide bonds. The number of ether oxygens (including phenoxy) is 6. The summed E-state index contributed by atoms with van der Waals surface area (Å²) < 4.78 is 33.5. The third kappa shape index (κ3) is 8.06. The number of methoxy groups -OCH3 is 3. The van der Waals surface area contributed by atoms with Crippen LogP contribution in [0.1, 0.15) is 58.1 Å². The SMILES string of the molecule is COc1cc(CNC(=O)[C@]2(CCC(=O)OC(C)(C)C)N=C(c3ccc(OCCCO)cc3)O[C@@H]2C)cc(OC)c1OC. The molecule has 1 aliphatic heterocycles. The monoisotopic (exact) mass is 586 g/mol. The van der Waals surface area contributed by atoms with Gasteiger partial charge in [0.05, 0.1) is 27.9 Å². The average molecular weight is 587 g/mol. The summed E-state index contributed by atoms with van der Waals surface area (Å²) in [5.74, 6) is 1.46. The number of aliphatic imine (C=N–C) groups is 1. The molecule has 42 heavy (non-hydrogen) atoms. The molecule has 0 bridgehead atoms. The minimum Gasteiger partial charge on any atom is -0.494 e. The summed E-state index contributed by atoms with van der Waals surface area (Å²) in [5, 5.41) is 11.9. The Kier molecular flexibility index (Phi) is 11.0. The van der Waals surface area contributed by atoms with Crippen LogP contribution in [-0.2, 0) is 25.6 Å². The van der Waals surface area contributed by atoms with Gasteiger partial charge in [-0.3, -0.25) is 9.59 Å². The van der Waals surface area contributed by atoms with Gasteiger partial charge in [-0.15, -0.1) is 0 Å². The molecule has 11 nitrogen and oxygen atoms in total. The highest BCUT2D eigenvalue weighted by molar-refractivity contribution is 6.01. The van der Waals surface area contributed by atoms with Crippen LogP contribution >= 0.6 is 0 Å². The van der Waals surface area contributed by atoms with Crippen molar-refractivity contribution in [3.8, 4) is 23.0 Å². The van der Waals surface area contributed by atoms with Crippen molar-refractivity contribution < 1.29 is 43.1 Å². The Hall–Kier alpha value is -3.99. The number of amides is 1. The number of hydrogen-bond donors (Lipinski definition) is 2. The van der Waals surface area contributed by atoms with Gasteiger partial charge in [0, 0.05) is 31.6 Å². The molecule has 2 aromatic carbocycles. The normalized spacial score (nSPS) is 18.0. The Morgan fingerprint density at radius 2 is 1.69 bits per heavy atom. The van der Waals surface area contributed by atoms with Crippen molar-refractivity contribution in [3.63, 3.8) is 0 Å². The van der Waals surface area contributed by atoms with Gasteiger partial charge in [-0.1, -0.05) is 0 Å². The second-order valence-electron chi connectivity index (χ2n) is 10.9. The number of esters is 1. The Morgan fingerprint density at radius 3 is 2.24 bits per heavy atom. The molecule has 0 unspecified atom stereocenters. The van der Waals surface area contributed by atoms with Crippen molar-refractivity contribution in [1.82, 2.24) is 5.32 Å². The highest BCUT2D eigenvalue weighted by Crippen LogP contribution is 2.38. The van der Waals surface area contributed by atoms with E-state index in [0.29, 0.717) is 47.2 Å². The molecule has 0 aromatic heterocycles. The summed E-state index contributed by atoms with van der Waals surface area (Å²) >= 11 is 0. The molecule has 230 valence electrons. The summed E-state index contributed by atoms with van der Waals surface area (Å²) in [6, 6.07) is 10.6. The first kappa shape index (κ1) is 32.5. The third-order valence-electron chi connectivity index (χ3n) is 6.64. The molecule has 2 aromatic rings. The zero-order valence-corrected chi connectivity index (χ0v) is 25.4. The zero-order valence-electron chi connectivity index (χ0n) is 25.4. The van der Waals surface area contributed by atoms with Gasteiger partial charge in [0.2, 0.25) is 11.6 Å². The van der Waals surface area contributed by atoms with E-state index in [0.717, 1.165) is 0 Å². The molecule has 0 fully saturated rings. The maximum Gasteiger partial charge on any atom is 0.306 e. The molecule has 2 N–H and O–H groups in total. The number of rotatable bonds is 14. The molecule has 3 rings (SSSR count). The lowest BCUT2D eigenvalue weighted by Gasteiger charge is -2.28. The number of nitrogens with zero attached hydrogens (tertiary/aromatic N) is 1.